The molecule has 1 fully saturated rings. The molecule has 0 radical (unpaired) electrons. The number of thioether (sulfide) groups is 1. The Morgan fingerprint density at radius 3 is 2.09 bits per heavy atom. The van der Waals surface area contributed by atoms with Crippen molar-refractivity contribution in [3.8, 4) is 0 Å². The van der Waals surface area contributed by atoms with Crippen LogP contribution >= 0.6 is 11.8 Å². The van der Waals surface area contributed by atoms with Gasteiger partial charge in [0, 0.05) is 50.7 Å². The summed E-state index contributed by atoms with van der Waals surface area (Å²) in [5.74, 6) is -0.0467. The second-order valence-corrected chi connectivity index (χ2v) is 8.23. The standard InChI is InChI=1S/C14H21N3O3S2/c1-15(2)22(19,20)17-10-8-16(9-11-17)14(18)12-4-6-13(21-3)7-5-12/h4-7H,8-11H2,1-3H3. The maximum atomic E-state index is 12.4. The van der Waals surface area contributed by atoms with Gasteiger partial charge in [-0.1, -0.05) is 0 Å². The molecule has 0 bridgehead atoms. The van der Waals surface area contributed by atoms with E-state index >= 15 is 0 Å². The number of hydrogen-bond donors (Lipinski definition) is 0. The van der Waals surface area contributed by atoms with Crippen LogP contribution in [0.4, 0.5) is 0 Å². The molecule has 0 saturated carbocycles. The second kappa shape index (κ2) is 6.99. The Bertz CT molecular complexity index is 621. The number of nitrogens with zero attached hydrogens (tertiary/aromatic N) is 3. The fraction of sp³-hybridized carbons (Fsp3) is 0.500. The first-order valence-electron chi connectivity index (χ1n) is 6.97. The minimum absolute atomic E-state index is 0.0467. The molecule has 0 unspecified atom stereocenters. The van der Waals surface area contributed by atoms with Crippen LogP contribution < -0.4 is 0 Å². The zero-order valence-electron chi connectivity index (χ0n) is 13.0. The van der Waals surface area contributed by atoms with Gasteiger partial charge < -0.3 is 4.90 Å². The number of rotatable bonds is 4. The van der Waals surface area contributed by atoms with Gasteiger partial charge in [0.2, 0.25) is 0 Å². The van der Waals surface area contributed by atoms with E-state index in [-0.39, 0.29) is 5.91 Å². The van der Waals surface area contributed by atoms with Crippen molar-refractivity contribution >= 4 is 27.9 Å². The lowest BCUT2D eigenvalue weighted by Crippen LogP contribution is -2.53. The van der Waals surface area contributed by atoms with Crippen LogP contribution in [0.2, 0.25) is 0 Å². The van der Waals surface area contributed by atoms with E-state index < -0.39 is 10.2 Å². The van der Waals surface area contributed by atoms with Crippen molar-refractivity contribution < 1.29 is 13.2 Å². The van der Waals surface area contributed by atoms with Crippen molar-refractivity contribution in [1.82, 2.24) is 13.5 Å². The summed E-state index contributed by atoms with van der Waals surface area (Å²) in [6.07, 6.45) is 1.99. The first-order chi connectivity index (χ1) is 10.4. The van der Waals surface area contributed by atoms with Gasteiger partial charge in [0.1, 0.15) is 0 Å². The molecule has 0 aliphatic carbocycles. The van der Waals surface area contributed by atoms with Gasteiger partial charge in [-0.05, 0) is 30.5 Å². The summed E-state index contributed by atoms with van der Waals surface area (Å²) in [5, 5.41) is 0. The molecule has 22 heavy (non-hydrogen) atoms. The highest BCUT2D eigenvalue weighted by Gasteiger charge is 2.30. The van der Waals surface area contributed by atoms with E-state index in [1.165, 1.54) is 22.7 Å². The Labute approximate surface area is 136 Å². The van der Waals surface area contributed by atoms with Gasteiger partial charge in [-0.3, -0.25) is 4.79 Å². The molecule has 0 aromatic heterocycles. The van der Waals surface area contributed by atoms with Crippen LogP contribution in [-0.4, -0.2) is 74.4 Å². The number of amides is 1. The third-order valence-electron chi connectivity index (χ3n) is 3.65. The van der Waals surface area contributed by atoms with E-state index in [4.69, 9.17) is 0 Å². The summed E-state index contributed by atoms with van der Waals surface area (Å²) in [4.78, 5) is 15.2. The van der Waals surface area contributed by atoms with E-state index in [9.17, 15) is 13.2 Å². The molecule has 1 heterocycles. The molecule has 1 saturated heterocycles. The Hall–Kier alpha value is -1.09. The third kappa shape index (κ3) is 3.62. The Morgan fingerprint density at radius 2 is 1.64 bits per heavy atom. The summed E-state index contributed by atoms with van der Waals surface area (Å²) < 4.78 is 26.7. The average Bonchev–Trinajstić information content (AvgIpc) is 2.54. The molecule has 1 aliphatic heterocycles. The predicted octanol–water partition coefficient (Wildman–Crippen LogP) is 0.973. The van der Waals surface area contributed by atoms with Crippen molar-refractivity contribution in [1.29, 1.82) is 0 Å². The normalized spacial score (nSPS) is 17.0. The largest absolute Gasteiger partial charge is 0.336 e. The second-order valence-electron chi connectivity index (χ2n) is 5.21. The van der Waals surface area contributed by atoms with Crippen molar-refractivity contribution in [2.45, 2.75) is 4.90 Å². The maximum absolute atomic E-state index is 12.4. The van der Waals surface area contributed by atoms with Gasteiger partial charge in [-0.2, -0.15) is 17.0 Å². The van der Waals surface area contributed by atoms with E-state index in [1.807, 2.05) is 30.5 Å². The van der Waals surface area contributed by atoms with Gasteiger partial charge in [-0.15, -0.1) is 11.8 Å². The summed E-state index contributed by atoms with van der Waals surface area (Å²) in [6, 6.07) is 7.48. The van der Waals surface area contributed by atoms with Crippen LogP contribution in [0.3, 0.4) is 0 Å². The van der Waals surface area contributed by atoms with Gasteiger partial charge >= 0.3 is 0 Å². The summed E-state index contributed by atoms with van der Waals surface area (Å²) >= 11 is 1.63. The molecule has 2 rings (SSSR count). The third-order valence-corrected chi connectivity index (χ3v) is 6.33. The van der Waals surface area contributed by atoms with Crippen molar-refractivity contribution in [3.63, 3.8) is 0 Å². The van der Waals surface area contributed by atoms with E-state index in [0.717, 1.165) is 4.90 Å². The molecular formula is C14H21N3O3S2. The van der Waals surface area contributed by atoms with E-state index in [0.29, 0.717) is 31.7 Å². The quantitative estimate of drug-likeness (QED) is 0.765. The zero-order chi connectivity index (χ0) is 16.3. The average molecular weight is 343 g/mol. The molecule has 0 atom stereocenters. The first kappa shape index (κ1) is 17.3. The number of carbonyl (C=O) groups excluding carboxylic acids is 1. The summed E-state index contributed by atoms with van der Waals surface area (Å²) in [5.41, 5.74) is 0.640. The molecule has 1 aromatic rings. The molecule has 122 valence electrons. The topological polar surface area (TPSA) is 60.9 Å². The lowest BCUT2D eigenvalue weighted by Gasteiger charge is -2.35. The summed E-state index contributed by atoms with van der Waals surface area (Å²) in [6.45, 7) is 1.48. The van der Waals surface area contributed by atoms with E-state index in [2.05, 4.69) is 0 Å². The first-order valence-corrected chi connectivity index (χ1v) is 9.59. The van der Waals surface area contributed by atoms with Crippen LogP contribution in [0, 0.1) is 0 Å². The fourth-order valence-electron chi connectivity index (χ4n) is 2.27. The lowest BCUT2D eigenvalue weighted by molar-refractivity contribution is 0.0695. The maximum Gasteiger partial charge on any atom is 0.281 e. The zero-order valence-corrected chi connectivity index (χ0v) is 14.7. The molecule has 0 spiro atoms. The molecule has 6 nitrogen and oxygen atoms in total. The molecule has 8 heteroatoms. The number of benzene rings is 1. The van der Waals surface area contributed by atoms with Crippen molar-refractivity contribution in [2.24, 2.45) is 0 Å². The molecule has 1 aliphatic rings. The van der Waals surface area contributed by atoms with Gasteiger partial charge in [0.25, 0.3) is 16.1 Å². The molecule has 0 N–H and O–H groups in total. The van der Waals surface area contributed by atoms with Crippen LogP contribution in [0.5, 0.6) is 0 Å². The monoisotopic (exact) mass is 343 g/mol. The minimum atomic E-state index is -3.40. The highest BCUT2D eigenvalue weighted by molar-refractivity contribution is 7.98. The molecule has 1 aromatic carbocycles. The number of piperazine rings is 1. The summed E-state index contributed by atoms with van der Waals surface area (Å²) in [7, 11) is -0.369. The van der Waals surface area contributed by atoms with Gasteiger partial charge in [0.05, 0.1) is 0 Å². The SMILES string of the molecule is CSc1ccc(C(=O)N2CCN(S(=O)(=O)N(C)C)CC2)cc1. The highest BCUT2D eigenvalue weighted by Crippen LogP contribution is 2.17. The van der Waals surface area contributed by atoms with Crippen molar-refractivity contribution in [3.05, 3.63) is 29.8 Å². The fourth-order valence-corrected chi connectivity index (χ4v) is 3.76. The minimum Gasteiger partial charge on any atom is -0.336 e. The number of hydrogen-bond acceptors (Lipinski definition) is 4. The van der Waals surface area contributed by atoms with Crippen molar-refractivity contribution in [2.75, 3.05) is 46.5 Å². The number of carbonyl (C=O) groups is 1. The smallest absolute Gasteiger partial charge is 0.281 e. The van der Waals surface area contributed by atoms with E-state index in [1.54, 1.807) is 16.7 Å². The van der Waals surface area contributed by atoms with Crippen LogP contribution in [0.25, 0.3) is 0 Å². The Kier molecular flexibility index (Phi) is 5.49. The Morgan fingerprint density at radius 1 is 1.09 bits per heavy atom. The highest BCUT2D eigenvalue weighted by atomic mass is 32.2. The molecule has 1 amide bonds. The van der Waals surface area contributed by atoms with Crippen LogP contribution in [0.15, 0.2) is 29.2 Å². The van der Waals surface area contributed by atoms with Gasteiger partial charge in [0.15, 0.2) is 0 Å². The molecular weight excluding hydrogens is 322 g/mol. The van der Waals surface area contributed by atoms with Crippen LogP contribution in [-0.2, 0) is 10.2 Å². The Balaban J connectivity index is 2.00. The van der Waals surface area contributed by atoms with Crippen LogP contribution in [0.1, 0.15) is 10.4 Å². The van der Waals surface area contributed by atoms with Gasteiger partial charge in [-0.25, -0.2) is 0 Å². The predicted molar refractivity (Wildman–Crippen MR) is 88.3 cm³/mol. The lowest BCUT2D eigenvalue weighted by atomic mass is 10.2.